The van der Waals surface area contributed by atoms with Crippen LogP contribution in [-0.4, -0.2) is 15.8 Å². The molecule has 80 valence electrons. The zero-order valence-electron chi connectivity index (χ0n) is 9.24. The molecule has 1 atom stereocenters. The van der Waals surface area contributed by atoms with Crippen LogP contribution in [0.15, 0.2) is 12.3 Å². The van der Waals surface area contributed by atoms with Crippen LogP contribution in [0.5, 0.6) is 0 Å². The zero-order valence-corrected chi connectivity index (χ0v) is 9.24. The van der Waals surface area contributed by atoms with E-state index < -0.39 is 0 Å². The van der Waals surface area contributed by atoms with Gasteiger partial charge in [0.15, 0.2) is 0 Å². The summed E-state index contributed by atoms with van der Waals surface area (Å²) in [6.07, 6.45) is 7.63. The van der Waals surface area contributed by atoms with E-state index >= 15 is 0 Å². The molecule has 1 aromatic rings. The van der Waals surface area contributed by atoms with Crippen LogP contribution in [0.4, 0.5) is 0 Å². The van der Waals surface area contributed by atoms with Crippen LogP contribution >= 0.6 is 0 Å². The SMILES string of the molecule is CCCC(N)CCCc1ccn(C)n1. The lowest BCUT2D eigenvalue weighted by Gasteiger charge is -2.08. The van der Waals surface area contributed by atoms with Crippen molar-refractivity contribution in [2.24, 2.45) is 12.8 Å². The largest absolute Gasteiger partial charge is 0.328 e. The van der Waals surface area contributed by atoms with Gasteiger partial charge < -0.3 is 5.73 Å². The molecule has 0 aromatic carbocycles. The van der Waals surface area contributed by atoms with Gasteiger partial charge >= 0.3 is 0 Å². The van der Waals surface area contributed by atoms with Gasteiger partial charge in [0.1, 0.15) is 0 Å². The molecule has 1 unspecified atom stereocenters. The van der Waals surface area contributed by atoms with Crippen molar-refractivity contribution in [1.29, 1.82) is 0 Å². The standard InChI is InChI=1S/C11H21N3/c1-3-5-10(12)6-4-7-11-8-9-14(2)13-11/h8-10H,3-7,12H2,1-2H3. The zero-order chi connectivity index (χ0) is 10.4. The number of rotatable bonds is 6. The second-order valence-electron chi connectivity index (χ2n) is 3.92. The van der Waals surface area contributed by atoms with Gasteiger partial charge in [-0.15, -0.1) is 0 Å². The first kappa shape index (κ1) is 11.2. The molecule has 0 aliphatic heterocycles. The van der Waals surface area contributed by atoms with Gasteiger partial charge in [0.05, 0.1) is 5.69 Å². The first-order valence-electron chi connectivity index (χ1n) is 5.46. The van der Waals surface area contributed by atoms with Gasteiger partial charge in [-0.25, -0.2) is 0 Å². The Morgan fingerprint density at radius 2 is 2.29 bits per heavy atom. The van der Waals surface area contributed by atoms with Crippen molar-refractivity contribution >= 4 is 0 Å². The minimum absolute atomic E-state index is 0.378. The molecule has 0 aliphatic carbocycles. The van der Waals surface area contributed by atoms with Gasteiger partial charge in [-0.2, -0.15) is 5.10 Å². The predicted octanol–water partition coefficient (Wildman–Crippen LogP) is 1.87. The van der Waals surface area contributed by atoms with Crippen molar-refractivity contribution in [2.45, 2.75) is 45.1 Å². The second kappa shape index (κ2) is 5.81. The van der Waals surface area contributed by atoms with Crippen molar-refractivity contribution in [3.8, 4) is 0 Å². The highest BCUT2D eigenvalue weighted by Gasteiger charge is 2.02. The topological polar surface area (TPSA) is 43.8 Å². The molecule has 14 heavy (non-hydrogen) atoms. The Kier molecular flexibility index (Phi) is 4.66. The number of nitrogens with zero attached hydrogens (tertiary/aromatic N) is 2. The molecule has 1 aromatic heterocycles. The molecule has 0 saturated heterocycles. The lowest BCUT2D eigenvalue weighted by Crippen LogP contribution is -2.19. The maximum absolute atomic E-state index is 5.93. The summed E-state index contributed by atoms with van der Waals surface area (Å²) in [5.41, 5.74) is 7.10. The first-order valence-corrected chi connectivity index (χ1v) is 5.46. The lowest BCUT2D eigenvalue weighted by molar-refractivity contribution is 0.536. The molecule has 3 nitrogen and oxygen atoms in total. The number of hydrogen-bond acceptors (Lipinski definition) is 2. The third-order valence-electron chi connectivity index (χ3n) is 2.44. The fraction of sp³-hybridized carbons (Fsp3) is 0.727. The molecule has 3 heteroatoms. The van der Waals surface area contributed by atoms with Crippen molar-refractivity contribution < 1.29 is 0 Å². The Morgan fingerprint density at radius 3 is 2.86 bits per heavy atom. The fourth-order valence-electron chi connectivity index (χ4n) is 1.66. The normalized spacial score (nSPS) is 13.1. The highest BCUT2D eigenvalue weighted by atomic mass is 15.2. The second-order valence-corrected chi connectivity index (χ2v) is 3.92. The average Bonchev–Trinajstić information content (AvgIpc) is 2.52. The summed E-state index contributed by atoms with van der Waals surface area (Å²) < 4.78 is 1.85. The van der Waals surface area contributed by atoms with Crippen molar-refractivity contribution in [1.82, 2.24) is 9.78 Å². The first-order chi connectivity index (χ1) is 6.72. The summed E-state index contributed by atoms with van der Waals surface area (Å²) in [6, 6.07) is 2.45. The summed E-state index contributed by atoms with van der Waals surface area (Å²) in [4.78, 5) is 0. The Hall–Kier alpha value is -0.830. The summed E-state index contributed by atoms with van der Waals surface area (Å²) in [5.74, 6) is 0. The van der Waals surface area contributed by atoms with Crippen LogP contribution in [-0.2, 0) is 13.5 Å². The monoisotopic (exact) mass is 195 g/mol. The van der Waals surface area contributed by atoms with E-state index in [9.17, 15) is 0 Å². The van der Waals surface area contributed by atoms with Crippen LogP contribution in [0, 0.1) is 0 Å². The van der Waals surface area contributed by atoms with Gasteiger partial charge in [-0.1, -0.05) is 13.3 Å². The minimum Gasteiger partial charge on any atom is -0.328 e. The maximum Gasteiger partial charge on any atom is 0.0624 e. The van der Waals surface area contributed by atoms with Gasteiger partial charge in [-0.3, -0.25) is 4.68 Å². The van der Waals surface area contributed by atoms with Crippen LogP contribution in [0.3, 0.4) is 0 Å². The van der Waals surface area contributed by atoms with Crippen molar-refractivity contribution in [2.75, 3.05) is 0 Å². The van der Waals surface area contributed by atoms with E-state index in [0.29, 0.717) is 6.04 Å². The Balaban J connectivity index is 2.15. The molecule has 1 heterocycles. The van der Waals surface area contributed by atoms with E-state index in [4.69, 9.17) is 5.73 Å². The van der Waals surface area contributed by atoms with Gasteiger partial charge in [0.2, 0.25) is 0 Å². The van der Waals surface area contributed by atoms with E-state index in [1.165, 1.54) is 12.1 Å². The number of hydrogen-bond donors (Lipinski definition) is 1. The van der Waals surface area contributed by atoms with Crippen LogP contribution in [0.2, 0.25) is 0 Å². The van der Waals surface area contributed by atoms with Crippen LogP contribution in [0.25, 0.3) is 0 Å². The highest BCUT2D eigenvalue weighted by molar-refractivity contribution is 4.98. The molecule has 0 spiro atoms. The fourth-order valence-corrected chi connectivity index (χ4v) is 1.66. The summed E-state index contributed by atoms with van der Waals surface area (Å²) in [6.45, 7) is 2.18. The van der Waals surface area contributed by atoms with E-state index in [-0.39, 0.29) is 0 Å². The molecule has 1 rings (SSSR count). The Bertz CT molecular complexity index is 255. The summed E-state index contributed by atoms with van der Waals surface area (Å²) in [7, 11) is 1.95. The van der Waals surface area contributed by atoms with E-state index in [0.717, 1.165) is 25.7 Å². The lowest BCUT2D eigenvalue weighted by atomic mass is 10.1. The van der Waals surface area contributed by atoms with Crippen LogP contribution < -0.4 is 5.73 Å². The quantitative estimate of drug-likeness (QED) is 0.753. The van der Waals surface area contributed by atoms with Crippen molar-refractivity contribution in [3.05, 3.63) is 18.0 Å². The number of aromatic nitrogens is 2. The molecule has 0 aliphatic rings. The molecule has 0 radical (unpaired) electrons. The van der Waals surface area contributed by atoms with Gasteiger partial charge in [-0.05, 0) is 31.7 Å². The smallest absolute Gasteiger partial charge is 0.0624 e. The van der Waals surface area contributed by atoms with Gasteiger partial charge in [0, 0.05) is 19.3 Å². The maximum atomic E-state index is 5.93. The third-order valence-corrected chi connectivity index (χ3v) is 2.44. The molecule has 0 fully saturated rings. The Labute approximate surface area is 86.3 Å². The molecule has 0 saturated carbocycles. The molecule has 0 bridgehead atoms. The predicted molar refractivity (Wildman–Crippen MR) is 59.0 cm³/mol. The molecule has 2 N–H and O–H groups in total. The average molecular weight is 195 g/mol. The highest BCUT2D eigenvalue weighted by Crippen LogP contribution is 2.06. The summed E-state index contributed by atoms with van der Waals surface area (Å²) >= 11 is 0. The van der Waals surface area contributed by atoms with E-state index in [2.05, 4.69) is 18.1 Å². The molecular formula is C11H21N3. The number of nitrogens with two attached hydrogens (primary N) is 1. The van der Waals surface area contributed by atoms with Gasteiger partial charge in [0.25, 0.3) is 0 Å². The minimum atomic E-state index is 0.378. The third kappa shape index (κ3) is 3.92. The Morgan fingerprint density at radius 1 is 1.50 bits per heavy atom. The summed E-state index contributed by atoms with van der Waals surface area (Å²) in [5, 5.41) is 4.33. The van der Waals surface area contributed by atoms with Crippen molar-refractivity contribution in [3.63, 3.8) is 0 Å². The van der Waals surface area contributed by atoms with E-state index in [1.54, 1.807) is 0 Å². The van der Waals surface area contributed by atoms with Crippen LogP contribution in [0.1, 0.15) is 38.3 Å². The van der Waals surface area contributed by atoms with E-state index in [1.807, 2.05) is 17.9 Å². The molecular weight excluding hydrogens is 174 g/mol. The number of aryl methyl sites for hydroxylation is 2. The molecule has 0 amide bonds.